The first-order valence-electron chi connectivity index (χ1n) is 20.7. The molecule has 2 aliphatic rings. The van der Waals surface area contributed by atoms with Crippen molar-refractivity contribution in [2.45, 2.75) is 86.3 Å². The number of rotatable bonds is 8. The average molecular weight is 883 g/mol. The average Bonchev–Trinajstić information content (AvgIpc) is 3.89. The predicted molar refractivity (Wildman–Crippen MR) is 256 cm³/mol. The third kappa shape index (κ3) is 7.04. The van der Waals surface area contributed by atoms with Crippen molar-refractivity contribution >= 4 is 32.3 Å². The van der Waals surface area contributed by atoms with Crippen LogP contribution in [0.15, 0.2) is 161 Å². The number of benzene rings is 6. The minimum absolute atomic E-state index is 0. The third-order valence-corrected chi connectivity index (χ3v) is 34.1. The van der Waals surface area contributed by atoms with E-state index < -0.39 is 18.3 Å². The third-order valence-electron chi connectivity index (χ3n) is 13.8. The van der Waals surface area contributed by atoms with Gasteiger partial charge >= 0.3 is 340 Å². The molecular formula is C55H60Cl2Zr. The Morgan fingerprint density at radius 2 is 1.02 bits per heavy atom. The Hall–Kier alpha value is -3.87. The summed E-state index contributed by atoms with van der Waals surface area (Å²) in [7, 11) is 0. The molecule has 0 saturated heterocycles. The van der Waals surface area contributed by atoms with Gasteiger partial charge in [-0.15, -0.1) is 24.8 Å². The predicted octanol–water partition coefficient (Wildman–Crippen LogP) is 15.1. The van der Waals surface area contributed by atoms with E-state index in [0.717, 1.165) is 12.8 Å². The van der Waals surface area contributed by atoms with Crippen LogP contribution >= 0.6 is 24.8 Å². The van der Waals surface area contributed by atoms with Crippen molar-refractivity contribution in [3.05, 3.63) is 194 Å². The summed E-state index contributed by atoms with van der Waals surface area (Å²) in [5.41, 5.74) is 16.6. The summed E-state index contributed by atoms with van der Waals surface area (Å²) in [5, 5.41) is 0. The molecule has 2 atom stereocenters. The Morgan fingerprint density at radius 3 is 1.48 bits per heavy atom. The maximum atomic E-state index is 6.08. The van der Waals surface area contributed by atoms with Crippen molar-refractivity contribution in [1.82, 2.24) is 0 Å². The normalized spacial score (nSPS) is 14.7. The molecule has 6 aromatic rings. The van der Waals surface area contributed by atoms with Gasteiger partial charge in [0, 0.05) is 0 Å². The molecule has 298 valence electrons. The molecule has 0 N–H and O–H groups in total. The van der Waals surface area contributed by atoms with Gasteiger partial charge in [-0.25, -0.2) is 0 Å². The zero-order valence-electron chi connectivity index (χ0n) is 35.6. The molecule has 0 heterocycles. The molecule has 0 bridgehead atoms. The van der Waals surface area contributed by atoms with E-state index in [1.165, 1.54) is 66.8 Å². The summed E-state index contributed by atoms with van der Waals surface area (Å²) in [6.45, 7) is 19.5. The van der Waals surface area contributed by atoms with Crippen LogP contribution in [0, 0.1) is 0 Å². The van der Waals surface area contributed by atoms with Crippen LogP contribution in [0.5, 0.6) is 0 Å². The molecule has 0 aromatic heterocycles. The van der Waals surface area contributed by atoms with Crippen LogP contribution in [0.4, 0.5) is 0 Å². The van der Waals surface area contributed by atoms with Gasteiger partial charge in [0.2, 0.25) is 0 Å². The second-order valence-electron chi connectivity index (χ2n) is 18.9. The summed E-state index contributed by atoms with van der Waals surface area (Å²) in [6, 6.07) is 53.0. The molecule has 0 saturated carbocycles. The molecule has 6 aromatic carbocycles. The van der Waals surface area contributed by atoms with E-state index in [0.29, 0.717) is 0 Å². The molecule has 2 unspecified atom stereocenters. The van der Waals surface area contributed by atoms with E-state index in [1.54, 1.807) is 6.55 Å². The molecule has 0 nitrogen and oxygen atoms in total. The van der Waals surface area contributed by atoms with Gasteiger partial charge in [-0.2, -0.15) is 0 Å². The van der Waals surface area contributed by atoms with Gasteiger partial charge in [0.25, 0.3) is 0 Å². The van der Waals surface area contributed by atoms with Crippen molar-refractivity contribution in [3.8, 4) is 33.4 Å². The second kappa shape index (κ2) is 16.3. The summed E-state index contributed by atoms with van der Waals surface area (Å²) in [4.78, 5) is 0. The van der Waals surface area contributed by atoms with E-state index in [4.69, 9.17) is 4.21 Å². The van der Waals surface area contributed by atoms with Crippen LogP contribution in [-0.2, 0) is 35.5 Å². The van der Waals surface area contributed by atoms with Gasteiger partial charge in [0.05, 0.1) is 0 Å². The first-order chi connectivity index (χ1) is 26.7. The molecule has 0 amide bonds. The fourth-order valence-corrected chi connectivity index (χ4v) is 30.0. The number of hydrogen-bond donors (Lipinski definition) is 0. The Balaban J connectivity index is 0.00000283. The summed E-state index contributed by atoms with van der Waals surface area (Å²) < 4.78 is 9.69. The molecular weight excluding hydrogens is 823 g/mol. The van der Waals surface area contributed by atoms with Gasteiger partial charge in [0.1, 0.15) is 0 Å². The number of halogens is 2. The van der Waals surface area contributed by atoms with Crippen molar-refractivity contribution < 1.29 is 18.3 Å². The molecule has 3 heteroatoms. The van der Waals surface area contributed by atoms with Crippen molar-refractivity contribution in [2.24, 2.45) is 0 Å². The topological polar surface area (TPSA) is 0 Å². The van der Waals surface area contributed by atoms with Crippen LogP contribution in [0.2, 0.25) is 0 Å². The van der Waals surface area contributed by atoms with Gasteiger partial charge in [-0.1, -0.05) is 0 Å². The summed E-state index contributed by atoms with van der Waals surface area (Å²) in [5.74, 6) is 0. The standard InChI is InChI=1S/C33H33.2C8H9.C5H5.CH2.2ClH.Zr/c1-32(2,3)30-20-26-24(18-28(30)22-13-9-7-10-14-22)17-25-19-29(23-15-11-8-12-16-23)31(21-27(25)26)33(4,5)6;2*1-2-8-6-4-3-5-7-8;1-2-4-5-3-1;;;;/h7-16,18,20-21H,17H2,1-6H3;2*2-7H,1H3;1-3H,4H2;1H2;2*1H;. The zero-order valence-corrected chi connectivity index (χ0v) is 39.7. The van der Waals surface area contributed by atoms with Crippen molar-refractivity contribution in [2.75, 3.05) is 0 Å². The second-order valence-corrected chi connectivity index (χ2v) is 34.0. The zero-order chi connectivity index (χ0) is 39.5. The molecule has 8 rings (SSSR count). The molecule has 2 aliphatic carbocycles. The van der Waals surface area contributed by atoms with E-state index in [-0.39, 0.29) is 42.9 Å². The van der Waals surface area contributed by atoms with Crippen LogP contribution < -0.4 is 3.27 Å². The quantitative estimate of drug-likeness (QED) is 0.143. The number of hydrogen-bond acceptors (Lipinski definition) is 0. The summed E-state index contributed by atoms with van der Waals surface area (Å²) >= 11 is -5.05. The van der Waals surface area contributed by atoms with Crippen LogP contribution in [0.3, 0.4) is 0 Å². The van der Waals surface area contributed by atoms with Crippen molar-refractivity contribution in [3.63, 3.8) is 0 Å². The van der Waals surface area contributed by atoms with Crippen LogP contribution in [0.25, 0.3) is 33.4 Å². The van der Waals surface area contributed by atoms with Gasteiger partial charge in [0.15, 0.2) is 0 Å². The van der Waals surface area contributed by atoms with E-state index in [2.05, 4.69) is 213 Å². The van der Waals surface area contributed by atoms with E-state index in [1.807, 2.05) is 0 Å². The monoisotopic (exact) mass is 880 g/mol. The minimum atomic E-state index is -5.05. The fourth-order valence-electron chi connectivity index (χ4n) is 10.7. The molecule has 0 fully saturated rings. The molecule has 0 radical (unpaired) electrons. The van der Waals surface area contributed by atoms with Crippen LogP contribution in [-0.4, -0.2) is 4.21 Å². The Bertz CT molecular complexity index is 2500. The Kier molecular flexibility index (Phi) is 12.3. The molecule has 58 heavy (non-hydrogen) atoms. The summed E-state index contributed by atoms with van der Waals surface area (Å²) in [6.07, 6.45) is 9.09. The number of allylic oxidation sites excluding steroid dienone is 4. The van der Waals surface area contributed by atoms with Gasteiger partial charge < -0.3 is 0 Å². The Morgan fingerprint density at radius 1 is 0.552 bits per heavy atom. The van der Waals surface area contributed by atoms with Crippen molar-refractivity contribution in [1.29, 1.82) is 0 Å². The Labute approximate surface area is 362 Å². The molecule has 0 aliphatic heterocycles. The van der Waals surface area contributed by atoms with Gasteiger partial charge in [-0.3, -0.25) is 0 Å². The van der Waals surface area contributed by atoms with E-state index >= 15 is 0 Å². The van der Waals surface area contributed by atoms with Crippen LogP contribution in [0.1, 0.15) is 102 Å². The molecule has 0 spiro atoms. The maximum absolute atomic E-state index is 6.08. The van der Waals surface area contributed by atoms with E-state index in [9.17, 15) is 0 Å². The fraction of sp³-hybridized carbons (Fsp3) is 0.255. The number of fused-ring (bicyclic) bond motifs is 3. The van der Waals surface area contributed by atoms with Gasteiger partial charge in [-0.05, 0) is 0 Å². The SMILES string of the molecule is Cl.Cl.[CH2]=[Zr]([C]1=CC=CC1)([c]1c2c(cc(C(C)(C)C)c1-c1ccccc1)-c1cc(C(C)(C)C)c(-c3ccccc3)cc1C2)([CH](C)c1ccccc1)[CH](C)c1ccccc1. The first kappa shape index (κ1) is 43.7. The first-order valence-corrected chi connectivity index (χ1v) is 27.7.